The number of H-pyrrole nitrogens is 1. The molecule has 0 radical (unpaired) electrons. The van der Waals surface area contributed by atoms with Crippen LogP contribution < -0.4 is 11.2 Å². The Hall–Kier alpha value is -3.86. The lowest BCUT2D eigenvalue weighted by Gasteiger charge is -2.27. The van der Waals surface area contributed by atoms with Crippen molar-refractivity contribution in [1.82, 2.24) is 34.1 Å². The van der Waals surface area contributed by atoms with Gasteiger partial charge in [-0.3, -0.25) is 28.4 Å². The van der Waals surface area contributed by atoms with Crippen LogP contribution in [-0.2, 0) is 41.7 Å². The molecule has 6 N–H and O–H groups in total. The third kappa shape index (κ3) is 7.16. The van der Waals surface area contributed by atoms with E-state index in [-0.39, 0.29) is 36.8 Å². The molecule has 20 nitrogen and oxygen atoms in total. The minimum Gasteiger partial charge on any atom is -0.505 e. The van der Waals surface area contributed by atoms with E-state index in [2.05, 4.69) is 29.9 Å². The summed E-state index contributed by atoms with van der Waals surface area (Å²) < 4.78 is 31.2. The summed E-state index contributed by atoms with van der Waals surface area (Å²) in [4.78, 5) is 58.2. The highest BCUT2D eigenvalue weighted by molar-refractivity contribution is 8.07. The van der Waals surface area contributed by atoms with E-state index >= 15 is 0 Å². The molecule has 2 aliphatic rings. The second kappa shape index (κ2) is 14.8. The second-order valence-corrected chi connectivity index (χ2v) is 14.1. The smallest absolute Gasteiger partial charge is 0.330 e. The number of rotatable bonds is 12. The molecule has 8 atom stereocenters. The van der Waals surface area contributed by atoms with Gasteiger partial charge in [0.1, 0.15) is 42.7 Å². The van der Waals surface area contributed by atoms with Gasteiger partial charge >= 0.3 is 12.4 Å². The van der Waals surface area contributed by atoms with Crippen molar-refractivity contribution < 1.29 is 48.6 Å². The lowest BCUT2D eigenvalue weighted by Crippen LogP contribution is -2.40. The van der Waals surface area contributed by atoms with E-state index in [9.17, 15) is 34.9 Å². The summed E-state index contributed by atoms with van der Waals surface area (Å²) in [7, 11) is 1.30. The Morgan fingerprint density at radius 3 is 2.68 bits per heavy atom. The fraction of sp³-hybridized carbons (Fsp3) is 0.464. The molecule has 268 valence electrons. The van der Waals surface area contributed by atoms with Gasteiger partial charge in [0.05, 0.1) is 37.9 Å². The Balaban J connectivity index is 1.13. The number of nitrogens with zero attached hydrogens (tertiary/aromatic N) is 7. The van der Waals surface area contributed by atoms with Crippen LogP contribution in [0.1, 0.15) is 35.7 Å². The molecule has 0 aliphatic carbocycles. The summed E-state index contributed by atoms with van der Waals surface area (Å²) in [5.41, 5.74) is 0.211. The molecule has 0 saturated carbocycles. The first kappa shape index (κ1) is 35.9. The summed E-state index contributed by atoms with van der Waals surface area (Å²) in [6, 6.07) is 1.11. The van der Waals surface area contributed by atoms with Crippen LogP contribution in [0.25, 0.3) is 11.2 Å². The molecule has 0 bridgehead atoms. The first-order valence-corrected chi connectivity index (χ1v) is 17.6. The maximum atomic E-state index is 12.4. The van der Waals surface area contributed by atoms with Crippen LogP contribution in [0, 0.1) is 6.92 Å². The summed E-state index contributed by atoms with van der Waals surface area (Å²) >= 11 is 5.23. The molecule has 0 amide bonds. The van der Waals surface area contributed by atoms with Gasteiger partial charge in [0.25, 0.3) is 5.56 Å². The molecule has 2 saturated heterocycles. The van der Waals surface area contributed by atoms with Crippen molar-refractivity contribution in [3.63, 3.8) is 0 Å². The number of aliphatic imine (C=N–C) groups is 1. The highest BCUT2D eigenvalue weighted by Gasteiger charge is 2.49. The van der Waals surface area contributed by atoms with Gasteiger partial charge in [-0.15, -0.1) is 0 Å². The SMILES string of the molecule is CO[C@H]1C(OP(O)(=S)OC[C@H]2O[C@@H](n3cnc4c(N=Cc5c(CO)cnc(C)c5O)ncnc43)CC2O)[C@@H](CO)O[C@H]1n1ccc(=O)[nH]c1=O. The third-order valence-electron chi connectivity index (χ3n) is 8.22. The molecule has 4 aromatic rings. The normalized spacial score (nSPS) is 26.6. The molecule has 4 aromatic heterocycles. The molecule has 3 unspecified atom stereocenters. The molecule has 0 spiro atoms. The summed E-state index contributed by atoms with van der Waals surface area (Å²) in [6.07, 6.45) is -0.523. The summed E-state index contributed by atoms with van der Waals surface area (Å²) in [6.45, 7) is -3.83. The van der Waals surface area contributed by atoms with E-state index in [1.165, 1.54) is 38.4 Å². The predicted molar refractivity (Wildman–Crippen MR) is 174 cm³/mol. The van der Waals surface area contributed by atoms with E-state index < -0.39 is 67.6 Å². The van der Waals surface area contributed by atoms with E-state index in [0.717, 1.165) is 10.6 Å². The predicted octanol–water partition coefficient (Wildman–Crippen LogP) is -0.800. The Bertz CT molecular complexity index is 2060. The standard InChI is InChI=1S/C28H33N8O12PS/c1-13-22(41)15(14(8-37)6-29-13)7-30-25-21-26(32-11-31-25)36(12-33-21)20-5-16(39)18(46-20)10-45-49(43,50)48-23-17(9-38)47-27(24(23)44-2)35-4-3-19(40)34-28(35)42/h3-4,6-7,11-12,16-18,20,23-24,27,37-39,41H,5,8-10H2,1-2H3,(H,43,50)(H,34,40,42)/t16?,17-,18-,20-,23?,24+,27-,49?/m1/s1. The van der Waals surface area contributed by atoms with Gasteiger partial charge in [-0.05, 0) is 18.7 Å². The Morgan fingerprint density at radius 1 is 1.16 bits per heavy atom. The Kier molecular flexibility index (Phi) is 10.6. The first-order chi connectivity index (χ1) is 23.9. The van der Waals surface area contributed by atoms with Crippen LogP contribution in [0.4, 0.5) is 5.82 Å². The van der Waals surface area contributed by atoms with Gasteiger partial charge in [0.15, 0.2) is 23.2 Å². The van der Waals surface area contributed by atoms with E-state index in [0.29, 0.717) is 22.4 Å². The van der Waals surface area contributed by atoms with Crippen LogP contribution in [0.2, 0.25) is 0 Å². The molecule has 0 aromatic carbocycles. The lowest BCUT2D eigenvalue weighted by molar-refractivity contribution is -0.0625. The van der Waals surface area contributed by atoms with Crippen LogP contribution in [0.15, 0.2) is 45.7 Å². The molecule has 6 rings (SSSR count). The van der Waals surface area contributed by atoms with Gasteiger partial charge in [-0.2, -0.15) is 0 Å². The monoisotopic (exact) mass is 736 g/mol. The molecule has 2 aliphatic heterocycles. The zero-order valence-corrected chi connectivity index (χ0v) is 28.1. The molecule has 50 heavy (non-hydrogen) atoms. The number of aliphatic hydroxyl groups excluding tert-OH is 3. The third-order valence-corrected chi connectivity index (χ3v) is 9.78. The topological polar surface area (TPSA) is 271 Å². The highest BCUT2D eigenvalue weighted by Crippen LogP contribution is 2.50. The number of aliphatic hydroxyl groups is 3. The molecule has 2 fully saturated rings. The molecular weight excluding hydrogens is 703 g/mol. The lowest BCUT2D eigenvalue weighted by atomic mass is 10.1. The summed E-state index contributed by atoms with van der Waals surface area (Å²) in [5.74, 6) is 0.0360. The van der Waals surface area contributed by atoms with Gasteiger partial charge in [0, 0.05) is 49.3 Å². The van der Waals surface area contributed by atoms with Crippen molar-refractivity contribution in [2.24, 2.45) is 4.99 Å². The number of aromatic amines is 1. The van der Waals surface area contributed by atoms with Crippen LogP contribution in [-0.4, -0.2) is 116 Å². The maximum absolute atomic E-state index is 12.4. The largest absolute Gasteiger partial charge is 0.505 e. The van der Waals surface area contributed by atoms with Crippen molar-refractivity contribution in [2.75, 3.05) is 20.3 Å². The van der Waals surface area contributed by atoms with Crippen molar-refractivity contribution in [3.05, 3.63) is 68.8 Å². The van der Waals surface area contributed by atoms with Gasteiger partial charge in [0.2, 0.25) is 0 Å². The number of imidazole rings is 1. The fourth-order valence-corrected chi connectivity index (χ4v) is 7.11. The first-order valence-electron chi connectivity index (χ1n) is 15.0. The van der Waals surface area contributed by atoms with Crippen LogP contribution in [0.5, 0.6) is 5.75 Å². The van der Waals surface area contributed by atoms with Gasteiger partial charge in [-0.25, -0.2) is 24.7 Å². The quantitative estimate of drug-likeness (QED) is 0.0767. The number of nitrogens with one attached hydrogen (secondary N) is 1. The number of hydrogen-bond donors (Lipinski definition) is 6. The molecule has 6 heterocycles. The zero-order valence-electron chi connectivity index (χ0n) is 26.4. The number of fused-ring (bicyclic) bond motifs is 1. The van der Waals surface area contributed by atoms with E-state index in [1.807, 2.05) is 0 Å². The van der Waals surface area contributed by atoms with Crippen molar-refractivity contribution >= 4 is 41.7 Å². The number of aromatic nitrogens is 7. The van der Waals surface area contributed by atoms with Crippen LogP contribution >= 0.6 is 6.72 Å². The average molecular weight is 737 g/mol. The van der Waals surface area contributed by atoms with E-state index in [4.69, 9.17) is 35.1 Å². The Morgan fingerprint density at radius 2 is 1.96 bits per heavy atom. The number of aryl methyl sites for hydroxylation is 1. The molecular formula is C28H33N8O12PS. The number of pyridine rings is 1. The van der Waals surface area contributed by atoms with Gasteiger partial charge < -0.3 is 44.1 Å². The van der Waals surface area contributed by atoms with Crippen molar-refractivity contribution in [3.8, 4) is 5.75 Å². The minimum absolute atomic E-state index is 0.0890. The van der Waals surface area contributed by atoms with Crippen LogP contribution in [0.3, 0.4) is 0 Å². The molecule has 22 heteroatoms. The van der Waals surface area contributed by atoms with Crippen molar-refractivity contribution in [1.29, 1.82) is 0 Å². The zero-order chi connectivity index (χ0) is 35.7. The fourth-order valence-electron chi connectivity index (χ4n) is 5.67. The van der Waals surface area contributed by atoms with E-state index in [1.54, 1.807) is 11.5 Å². The number of aromatic hydroxyl groups is 1. The minimum atomic E-state index is -4.10. The Labute approximate surface area is 286 Å². The number of methoxy groups -OCH3 is 1. The second-order valence-electron chi connectivity index (χ2n) is 11.3. The number of ether oxygens (including phenoxy) is 3. The van der Waals surface area contributed by atoms with Crippen molar-refractivity contribution in [2.45, 2.75) is 62.9 Å². The average Bonchev–Trinajstić information content (AvgIpc) is 3.79. The number of hydrogen-bond acceptors (Lipinski definition) is 17. The maximum Gasteiger partial charge on any atom is 0.330 e. The van der Waals surface area contributed by atoms with Gasteiger partial charge in [-0.1, -0.05) is 0 Å². The summed E-state index contributed by atoms with van der Waals surface area (Å²) in [5, 5.41) is 40.9. The highest BCUT2D eigenvalue weighted by atomic mass is 32.5.